The molecule has 0 unspecified atom stereocenters. The molecule has 112 valence electrons. The highest BCUT2D eigenvalue weighted by atomic mass is 32.2. The molecule has 6 nitrogen and oxygen atoms in total. The molecule has 0 aromatic carbocycles. The summed E-state index contributed by atoms with van der Waals surface area (Å²) < 4.78 is 10.3. The van der Waals surface area contributed by atoms with Gasteiger partial charge in [-0.25, -0.2) is 0 Å². The van der Waals surface area contributed by atoms with Crippen LogP contribution < -0.4 is 0 Å². The van der Waals surface area contributed by atoms with Gasteiger partial charge in [0, 0.05) is 12.7 Å². The third-order valence-corrected chi connectivity index (χ3v) is 4.60. The molecule has 0 atom stereocenters. The van der Waals surface area contributed by atoms with Crippen molar-refractivity contribution in [2.24, 2.45) is 5.92 Å². The maximum Gasteiger partial charge on any atom is 0.308 e. The van der Waals surface area contributed by atoms with E-state index >= 15 is 0 Å². The van der Waals surface area contributed by atoms with Crippen LogP contribution in [0, 0.1) is 12.8 Å². The molecule has 7 heteroatoms. The van der Waals surface area contributed by atoms with Gasteiger partial charge in [-0.15, -0.1) is 10.2 Å². The SMILES string of the molecule is CCOC(=O)C1CCC(O)(CSc2nnc(C)o2)CC1. The molecule has 2 rings (SSSR count). The first kappa shape index (κ1) is 15.3. The molecule has 1 saturated carbocycles. The zero-order valence-corrected chi connectivity index (χ0v) is 12.6. The Morgan fingerprint density at radius 1 is 1.50 bits per heavy atom. The summed E-state index contributed by atoms with van der Waals surface area (Å²) in [6, 6.07) is 0. The van der Waals surface area contributed by atoms with Crippen LogP contribution in [0.5, 0.6) is 0 Å². The minimum absolute atomic E-state index is 0.0779. The Kier molecular flexibility index (Phi) is 5.04. The first-order chi connectivity index (χ1) is 9.52. The van der Waals surface area contributed by atoms with Gasteiger partial charge in [0.1, 0.15) is 0 Å². The van der Waals surface area contributed by atoms with Crippen molar-refractivity contribution in [3.63, 3.8) is 0 Å². The highest BCUT2D eigenvalue weighted by Crippen LogP contribution is 2.36. The average Bonchev–Trinajstić information content (AvgIpc) is 2.84. The highest BCUT2D eigenvalue weighted by Gasteiger charge is 2.36. The van der Waals surface area contributed by atoms with Gasteiger partial charge in [-0.2, -0.15) is 0 Å². The van der Waals surface area contributed by atoms with Gasteiger partial charge in [-0.3, -0.25) is 4.79 Å². The van der Waals surface area contributed by atoms with Gasteiger partial charge in [0.25, 0.3) is 5.22 Å². The number of thioether (sulfide) groups is 1. The summed E-state index contributed by atoms with van der Waals surface area (Å²) in [7, 11) is 0. The van der Waals surface area contributed by atoms with Crippen molar-refractivity contribution in [2.75, 3.05) is 12.4 Å². The fourth-order valence-corrected chi connectivity index (χ4v) is 3.29. The molecular weight excluding hydrogens is 280 g/mol. The molecule has 0 radical (unpaired) electrons. The Hall–Kier alpha value is -1.08. The van der Waals surface area contributed by atoms with E-state index < -0.39 is 5.60 Å². The Bertz CT molecular complexity index is 455. The first-order valence-corrected chi connectivity index (χ1v) is 7.83. The number of carbonyl (C=O) groups is 1. The predicted molar refractivity (Wildman–Crippen MR) is 73.3 cm³/mol. The van der Waals surface area contributed by atoms with Crippen LogP contribution in [0.2, 0.25) is 0 Å². The molecule has 1 aliphatic carbocycles. The molecule has 1 N–H and O–H groups in total. The van der Waals surface area contributed by atoms with Crippen molar-refractivity contribution < 1.29 is 19.1 Å². The van der Waals surface area contributed by atoms with Gasteiger partial charge in [0.2, 0.25) is 5.89 Å². The monoisotopic (exact) mass is 300 g/mol. The van der Waals surface area contributed by atoms with Crippen LogP contribution in [0.15, 0.2) is 9.64 Å². The zero-order chi connectivity index (χ0) is 14.6. The molecule has 1 heterocycles. The Labute approximate surface area is 122 Å². The summed E-state index contributed by atoms with van der Waals surface area (Å²) in [5.74, 6) is 0.801. The number of carbonyl (C=O) groups excluding carboxylic acids is 1. The van der Waals surface area contributed by atoms with Crippen molar-refractivity contribution in [3.05, 3.63) is 5.89 Å². The highest BCUT2D eigenvalue weighted by molar-refractivity contribution is 7.99. The lowest BCUT2D eigenvalue weighted by Crippen LogP contribution is -2.38. The van der Waals surface area contributed by atoms with E-state index in [4.69, 9.17) is 9.15 Å². The topological polar surface area (TPSA) is 85.5 Å². The van der Waals surface area contributed by atoms with E-state index in [1.807, 2.05) is 0 Å². The van der Waals surface area contributed by atoms with Crippen LogP contribution in [0.1, 0.15) is 38.5 Å². The second-order valence-electron chi connectivity index (χ2n) is 5.13. The van der Waals surface area contributed by atoms with Crippen molar-refractivity contribution in [1.29, 1.82) is 0 Å². The second kappa shape index (κ2) is 6.58. The van der Waals surface area contributed by atoms with E-state index in [1.54, 1.807) is 13.8 Å². The maximum absolute atomic E-state index is 11.6. The van der Waals surface area contributed by atoms with Crippen LogP contribution in [0.25, 0.3) is 0 Å². The number of esters is 1. The van der Waals surface area contributed by atoms with Crippen LogP contribution in [-0.2, 0) is 9.53 Å². The average molecular weight is 300 g/mol. The second-order valence-corrected chi connectivity index (χ2v) is 6.05. The number of aryl methyl sites for hydroxylation is 1. The Morgan fingerprint density at radius 2 is 2.20 bits per heavy atom. The summed E-state index contributed by atoms with van der Waals surface area (Å²) in [5.41, 5.74) is -0.768. The minimum Gasteiger partial charge on any atom is -0.466 e. The number of hydrogen-bond acceptors (Lipinski definition) is 7. The quantitative estimate of drug-likeness (QED) is 0.657. The fraction of sp³-hybridized carbons (Fsp3) is 0.769. The molecule has 1 fully saturated rings. The molecule has 1 aliphatic rings. The van der Waals surface area contributed by atoms with Crippen LogP contribution in [0.4, 0.5) is 0 Å². The largest absolute Gasteiger partial charge is 0.466 e. The molecule has 0 bridgehead atoms. The fourth-order valence-electron chi connectivity index (χ4n) is 2.33. The number of aromatic nitrogens is 2. The number of rotatable bonds is 5. The van der Waals surface area contributed by atoms with E-state index in [9.17, 15) is 9.90 Å². The summed E-state index contributed by atoms with van der Waals surface area (Å²) in [4.78, 5) is 11.6. The summed E-state index contributed by atoms with van der Waals surface area (Å²) in [5, 5.41) is 18.6. The smallest absolute Gasteiger partial charge is 0.308 e. The molecule has 0 spiro atoms. The van der Waals surface area contributed by atoms with Gasteiger partial charge in [-0.1, -0.05) is 11.8 Å². The summed E-state index contributed by atoms with van der Waals surface area (Å²) in [6.45, 7) is 3.95. The van der Waals surface area contributed by atoms with E-state index in [-0.39, 0.29) is 11.9 Å². The lowest BCUT2D eigenvalue weighted by Gasteiger charge is -2.34. The van der Waals surface area contributed by atoms with Crippen molar-refractivity contribution in [3.8, 4) is 0 Å². The molecule has 0 amide bonds. The molecule has 0 aliphatic heterocycles. The summed E-state index contributed by atoms with van der Waals surface area (Å²) >= 11 is 1.36. The van der Waals surface area contributed by atoms with Gasteiger partial charge < -0.3 is 14.3 Å². The zero-order valence-electron chi connectivity index (χ0n) is 11.8. The molecular formula is C13H20N2O4S. The van der Waals surface area contributed by atoms with Crippen LogP contribution >= 0.6 is 11.8 Å². The molecule has 1 aromatic heterocycles. The van der Waals surface area contributed by atoms with E-state index in [1.165, 1.54) is 11.8 Å². The van der Waals surface area contributed by atoms with E-state index in [0.29, 0.717) is 49.2 Å². The molecule has 0 saturated heterocycles. The summed E-state index contributed by atoms with van der Waals surface area (Å²) in [6.07, 6.45) is 2.52. The molecule has 1 aromatic rings. The lowest BCUT2D eigenvalue weighted by molar-refractivity contribution is -0.150. The Morgan fingerprint density at radius 3 is 2.75 bits per heavy atom. The van der Waals surface area contributed by atoms with Gasteiger partial charge in [0.05, 0.1) is 18.1 Å². The van der Waals surface area contributed by atoms with E-state index in [0.717, 1.165) is 0 Å². The minimum atomic E-state index is -0.768. The molecule has 20 heavy (non-hydrogen) atoms. The van der Waals surface area contributed by atoms with Gasteiger partial charge >= 0.3 is 5.97 Å². The van der Waals surface area contributed by atoms with Crippen molar-refractivity contribution >= 4 is 17.7 Å². The number of ether oxygens (including phenoxy) is 1. The third kappa shape index (κ3) is 3.96. The predicted octanol–water partition coefficient (Wildman–Crippen LogP) is 1.95. The number of hydrogen-bond donors (Lipinski definition) is 1. The third-order valence-electron chi connectivity index (χ3n) is 3.51. The van der Waals surface area contributed by atoms with Crippen molar-refractivity contribution in [1.82, 2.24) is 10.2 Å². The van der Waals surface area contributed by atoms with Crippen LogP contribution in [0.3, 0.4) is 0 Å². The maximum atomic E-state index is 11.6. The normalized spacial score (nSPS) is 26.4. The number of aliphatic hydroxyl groups is 1. The van der Waals surface area contributed by atoms with E-state index in [2.05, 4.69) is 10.2 Å². The Balaban J connectivity index is 1.80. The number of nitrogens with zero attached hydrogens (tertiary/aromatic N) is 2. The standard InChI is InChI=1S/C13H20N2O4S/c1-3-18-11(16)10-4-6-13(17,7-5-10)8-20-12-15-14-9(2)19-12/h10,17H,3-8H2,1-2H3. The lowest BCUT2D eigenvalue weighted by atomic mass is 9.80. The van der Waals surface area contributed by atoms with Crippen molar-refractivity contribution in [2.45, 2.75) is 50.4 Å². The van der Waals surface area contributed by atoms with Gasteiger partial charge in [0.15, 0.2) is 0 Å². The first-order valence-electron chi connectivity index (χ1n) is 6.84. The van der Waals surface area contributed by atoms with Gasteiger partial charge in [-0.05, 0) is 32.6 Å². The van der Waals surface area contributed by atoms with Crippen LogP contribution in [-0.4, -0.2) is 39.2 Å².